The number of rotatable bonds is 4. The summed E-state index contributed by atoms with van der Waals surface area (Å²) in [4.78, 5) is 18.2. The SMILES string of the molecule is CCN(C(=O)C(C)(C)c1c[nH]c2ccccc12)C1CCS(=O)(=O)C1. The number of benzene rings is 1. The van der Waals surface area contributed by atoms with E-state index in [0.717, 1.165) is 16.5 Å². The van der Waals surface area contributed by atoms with Gasteiger partial charge in [0.15, 0.2) is 9.84 Å². The van der Waals surface area contributed by atoms with Crippen LogP contribution < -0.4 is 0 Å². The van der Waals surface area contributed by atoms with Crippen LogP contribution in [0.1, 0.15) is 32.8 Å². The fraction of sp³-hybridized carbons (Fsp3) is 0.500. The summed E-state index contributed by atoms with van der Waals surface area (Å²) in [6.45, 7) is 6.26. The number of likely N-dealkylation sites (N-methyl/N-ethyl adjacent to an activating group) is 1. The Bertz CT molecular complexity index is 867. The Morgan fingerprint density at radius 3 is 2.67 bits per heavy atom. The number of para-hydroxylation sites is 1. The summed E-state index contributed by atoms with van der Waals surface area (Å²) in [7, 11) is -3.02. The summed E-state index contributed by atoms with van der Waals surface area (Å²) in [5.41, 5.74) is 1.23. The summed E-state index contributed by atoms with van der Waals surface area (Å²) in [5.74, 6) is 0.239. The third kappa shape index (κ3) is 2.83. The van der Waals surface area contributed by atoms with Crippen LogP contribution in [-0.2, 0) is 20.0 Å². The first kappa shape index (κ1) is 17.0. The second-order valence-electron chi connectivity index (χ2n) is 7.02. The maximum absolute atomic E-state index is 13.3. The molecule has 2 heterocycles. The zero-order valence-corrected chi connectivity index (χ0v) is 15.2. The number of aromatic nitrogens is 1. The van der Waals surface area contributed by atoms with E-state index in [1.165, 1.54) is 0 Å². The number of hydrogen-bond acceptors (Lipinski definition) is 3. The van der Waals surface area contributed by atoms with E-state index in [9.17, 15) is 13.2 Å². The Balaban J connectivity index is 1.94. The minimum Gasteiger partial charge on any atom is -0.361 e. The minimum absolute atomic E-state index is 0.0168. The van der Waals surface area contributed by atoms with Crippen LogP contribution >= 0.6 is 0 Å². The highest BCUT2D eigenvalue weighted by Gasteiger charge is 2.41. The first-order valence-electron chi connectivity index (χ1n) is 8.34. The number of hydrogen-bond donors (Lipinski definition) is 1. The average molecular weight is 348 g/mol. The van der Waals surface area contributed by atoms with Crippen molar-refractivity contribution in [3.8, 4) is 0 Å². The van der Waals surface area contributed by atoms with Crippen LogP contribution in [0.3, 0.4) is 0 Å². The van der Waals surface area contributed by atoms with E-state index >= 15 is 0 Å². The van der Waals surface area contributed by atoms with Crippen molar-refractivity contribution in [1.82, 2.24) is 9.88 Å². The molecule has 1 unspecified atom stereocenters. The summed E-state index contributed by atoms with van der Waals surface area (Å²) >= 11 is 0. The molecule has 1 fully saturated rings. The van der Waals surface area contributed by atoms with Gasteiger partial charge in [0.2, 0.25) is 5.91 Å². The topological polar surface area (TPSA) is 70.2 Å². The summed E-state index contributed by atoms with van der Waals surface area (Å²) < 4.78 is 23.6. The van der Waals surface area contributed by atoms with Gasteiger partial charge in [-0.05, 0) is 38.8 Å². The highest BCUT2D eigenvalue weighted by atomic mass is 32.2. The molecule has 1 aliphatic heterocycles. The number of H-pyrrole nitrogens is 1. The van der Waals surface area contributed by atoms with Crippen molar-refractivity contribution in [2.45, 2.75) is 38.6 Å². The molecule has 5 nitrogen and oxygen atoms in total. The Morgan fingerprint density at radius 2 is 2.04 bits per heavy atom. The molecule has 3 rings (SSSR count). The van der Waals surface area contributed by atoms with Crippen molar-refractivity contribution in [3.05, 3.63) is 36.0 Å². The molecule has 0 saturated carbocycles. The van der Waals surface area contributed by atoms with Gasteiger partial charge in [-0.3, -0.25) is 4.79 Å². The number of amides is 1. The molecule has 0 spiro atoms. The van der Waals surface area contributed by atoms with E-state index in [1.807, 2.05) is 51.2 Å². The van der Waals surface area contributed by atoms with Crippen molar-refractivity contribution in [2.75, 3.05) is 18.1 Å². The number of aromatic amines is 1. The minimum atomic E-state index is -3.02. The third-order valence-electron chi connectivity index (χ3n) is 5.05. The summed E-state index contributed by atoms with van der Waals surface area (Å²) in [6, 6.07) is 7.70. The molecule has 1 aromatic carbocycles. The largest absolute Gasteiger partial charge is 0.361 e. The normalized spacial score (nSPS) is 20.4. The third-order valence-corrected chi connectivity index (χ3v) is 6.80. The lowest BCUT2D eigenvalue weighted by Crippen LogP contribution is -2.49. The van der Waals surface area contributed by atoms with Crippen LogP contribution in [0.2, 0.25) is 0 Å². The van der Waals surface area contributed by atoms with Gasteiger partial charge < -0.3 is 9.88 Å². The number of fused-ring (bicyclic) bond motifs is 1. The van der Waals surface area contributed by atoms with Gasteiger partial charge in [0.05, 0.1) is 16.9 Å². The highest BCUT2D eigenvalue weighted by molar-refractivity contribution is 7.91. The standard InChI is InChI=1S/C18H24N2O3S/c1-4-20(13-9-10-24(22,23)12-13)17(21)18(2,3)15-11-19-16-8-6-5-7-14(15)16/h5-8,11,13,19H,4,9-10,12H2,1-3H3. The number of carbonyl (C=O) groups is 1. The molecule has 1 aromatic heterocycles. The van der Waals surface area contributed by atoms with Crippen LogP contribution in [0, 0.1) is 0 Å². The van der Waals surface area contributed by atoms with E-state index in [1.54, 1.807) is 4.90 Å². The maximum Gasteiger partial charge on any atom is 0.233 e. The van der Waals surface area contributed by atoms with Crippen molar-refractivity contribution in [2.24, 2.45) is 0 Å². The van der Waals surface area contributed by atoms with Crippen LogP contribution in [0.25, 0.3) is 10.9 Å². The molecule has 1 saturated heterocycles. The summed E-state index contributed by atoms with van der Waals surface area (Å²) in [6.07, 6.45) is 2.42. The molecule has 1 atom stereocenters. The van der Waals surface area contributed by atoms with Crippen molar-refractivity contribution < 1.29 is 13.2 Å². The van der Waals surface area contributed by atoms with Crippen LogP contribution in [0.15, 0.2) is 30.5 Å². The molecule has 2 aromatic rings. The van der Waals surface area contributed by atoms with Crippen molar-refractivity contribution in [3.63, 3.8) is 0 Å². The van der Waals surface area contributed by atoms with Gasteiger partial charge in [-0.25, -0.2) is 8.42 Å². The lowest BCUT2D eigenvalue weighted by molar-refractivity contribution is -0.137. The van der Waals surface area contributed by atoms with Gasteiger partial charge in [0.1, 0.15) is 0 Å². The fourth-order valence-electron chi connectivity index (χ4n) is 3.65. The molecule has 0 bridgehead atoms. The maximum atomic E-state index is 13.3. The van der Waals surface area contributed by atoms with Gasteiger partial charge in [0, 0.05) is 29.7 Å². The van der Waals surface area contributed by atoms with Gasteiger partial charge in [-0.15, -0.1) is 0 Å². The Morgan fingerprint density at radius 1 is 1.33 bits per heavy atom. The summed E-state index contributed by atoms with van der Waals surface area (Å²) in [5, 5.41) is 1.03. The van der Waals surface area contributed by atoms with E-state index in [2.05, 4.69) is 4.98 Å². The average Bonchev–Trinajstić information content (AvgIpc) is 3.11. The zero-order chi connectivity index (χ0) is 17.5. The predicted molar refractivity (Wildman–Crippen MR) is 95.8 cm³/mol. The molecule has 6 heteroatoms. The molecule has 0 radical (unpaired) electrons. The van der Waals surface area contributed by atoms with E-state index in [4.69, 9.17) is 0 Å². The molecule has 130 valence electrons. The highest BCUT2D eigenvalue weighted by Crippen LogP contribution is 2.33. The van der Waals surface area contributed by atoms with Crippen molar-refractivity contribution >= 4 is 26.6 Å². The van der Waals surface area contributed by atoms with Crippen molar-refractivity contribution in [1.29, 1.82) is 0 Å². The smallest absolute Gasteiger partial charge is 0.233 e. The second kappa shape index (κ2) is 5.92. The van der Waals surface area contributed by atoms with Gasteiger partial charge >= 0.3 is 0 Å². The number of sulfone groups is 1. The second-order valence-corrected chi connectivity index (χ2v) is 9.25. The first-order valence-corrected chi connectivity index (χ1v) is 10.2. The molecule has 0 aliphatic carbocycles. The lowest BCUT2D eigenvalue weighted by Gasteiger charge is -2.34. The van der Waals surface area contributed by atoms with Crippen LogP contribution in [-0.4, -0.2) is 48.3 Å². The predicted octanol–water partition coefficient (Wildman–Crippen LogP) is 2.48. The Labute approximate surface area is 143 Å². The molecule has 1 amide bonds. The van der Waals surface area contributed by atoms with E-state index < -0.39 is 15.3 Å². The fourth-order valence-corrected chi connectivity index (χ4v) is 5.38. The number of nitrogens with zero attached hydrogens (tertiary/aromatic N) is 1. The quantitative estimate of drug-likeness (QED) is 0.923. The van der Waals surface area contributed by atoms with Gasteiger partial charge in [0.25, 0.3) is 0 Å². The Kier molecular flexibility index (Phi) is 4.20. The molecular weight excluding hydrogens is 324 g/mol. The molecule has 1 aliphatic rings. The zero-order valence-electron chi connectivity index (χ0n) is 14.4. The monoisotopic (exact) mass is 348 g/mol. The number of carbonyl (C=O) groups excluding carboxylic acids is 1. The Hall–Kier alpha value is -1.82. The number of nitrogens with one attached hydrogen (secondary N) is 1. The van der Waals surface area contributed by atoms with E-state index in [0.29, 0.717) is 13.0 Å². The van der Waals surface area contributed by atoms with E-state index in [-0.39, 0.29) is 23.5 Å². The molecule has 24 heavy (non-hydrogen) atoms. The molecule has 1 N–H and O–H groups in total. The van der Waals surface area contributed by atoms with Crippen LogP contribution in [0.4, 0.5) is 0 Å². The van der Waals surface area contributed by atoms with Gasteiger partial charge in [-0.2, -0.15) is 0 Å². The van der Waals surface area contributed by atoms with Crippen LogP contribution in [0.5, 0.6) is 0 Å². The molecular formula is C18H24N2O3S. The first-order chi connectivity index (χ1) is 11.3. The van der Waals surface area contributed by atoms with Gasteiger partial charge in [-0.1, -0.05) is 18.2 Å². The lowest BCUT2D eigenvalue weighted by atomic mass is 9.82.